The summed E-state index contributed by atoms with van der Waals surface area (Å²) in [6.45, 7) is 5.56. The number of carbonyl (C=O) groups excluding carboxylic acids is 1. The van der Waals surface area contributed by atoms with Crippen molar-refractivity contribution in [1.82, 2.24) is 24.2 Å². The van der Waals surface area contributed by atoms with Crippen LogP contribution in [0.5, 0.6) is 0 Å². The van der Waals surface area contributed by atoms with Gasteiger partial charge in [-0.2, -0.15) is 5.10 Å². The number of nitrogens with zero attached hydrogens (tertiary/aromatic N) is 4. The molecule has 25 heavy (non-hydrogen) atoms. The first-order valence-electron chi connectivity index (χ1n) is 8.54. The van der Waals surface area contributed by atoms with Crippen LogP contribution in [-0.2, 0) is 11.3 Å². The van der Waals surface area contributed by atoms with E-state index in [9.17, 15) is 14.4 Å². The third-order valence-corrected chi connectivity index (χ3v) is 4.63. The zero-order valence-electron chi connectivity index (χ0n) is 14.6. The van der Waals surface area contributed by atoms with Gasteiger partial charge in [0.2, 0.25) is 5.91 Å². The van der Waals surface area contributed by atoms with E-state index in [1.54, 1.807) is 0 Å². The van der Waals surface area contributed by atoms with E-state index >= 15 is 0 Å². The largest absolute Gasteiger partial charge is 0.340 e. The SMILES string of the molecule is Cc1cc(C)n(C2CCCN(C(=O)CCn3cc[nH]c(=O)c3=O)C2)n1. The average Bonchev–Trinajstić information content (AvgIpc) is 2.94. The highest BCUT2D eigenvalue weighted by atomic mass is 16.2. The first-order valence-corrected chi connectivity index (χ1v) is 8.54. The minimum atomic E-state index is -0.669. The van der Waals surface area contributed by atoms with E-state index in [0.717, 1.165) is 30.8 Å². The van der Waals surface area contributed by atoms with E-state index < -0.39 is 11.1 Å². The molecular weight excluding hydrogens is 322 g/mol. The van der Waals surface area contributed by atoms with Gasteiger partial charge in [-0.05, 0) is 32.8 Å². The fourth-order valence-corrected chi connectivity index (χ4v) is 3.41. The molecule has 0 saturated carbocycles. The fraction of sp³-hybridized carbons (Fsp3) is 0.529. The number of aromatic nitrogens is 4. The Bertz CT molecular complexity index is 879. The molecule has 1 N–H and O–H groups in total. The summed E-state index contributed by atoms with van der Waals surface area (Å²) in [5.41, 5.74) is 0.786. The van der Waals surface area contributed by atoms with Gasteiger partial charge in [0, 0.05) is 44.1 Å². The second-order valence-electron chi connectivity index (χ2n) is 6.55. The summed E-state index contributed by atoms with van der Waals surface area (Å²) in [5.74, 6) is -0.00147. The maximum atomic E-state index is 12.5. The van der Waals surface area contributed by atoms with Crippen molar-refractivity contribution in [2.24, 2.45) is 0 Å². The van der Waals surface area contributed by atoms with E-state index in [4.69, 9.17) is 0 Å². The molecule has 0 aliphatic carbocycles. The number of nitrogens with one attached hydrogen (secondary N) is 1. The van der Waals surface area contributed by atoms with Crippen LogP contribution >= 0.6 is 0 Å². The Hall–Kier alpha value is -2.64. The molecule has 1 amide bonds. The predicted octanol–water partition coefficient (Wildman–Crippen LogP) is 0.604. The van der Waals surface area contributed by atoms with E-state index in [1.165, 1.54) is 17.0 Å². The smallest absolute Gasteiger partial charge is 0.316 e. The molecule has 1 atom stereocenters. The molecule has 0 spiro atoms. The molecule has 1 aliphatic heterocycles. The highest BCUT2D eigenvalue weighted by molar-refractivity contribution is 5.76. The quantitative estimate of drug-likeness (QED) is 0.822. The molecule has 2 aromatic heterocycles. The lowest BCUT2D eigenvalue weighted by Gasteiger charge is -2.33. The number of hydrogen-bond acceptors (Lipinski definition) is 4. The van der Waals surface area contributed by atoms with Gasteiger partial charge < -0.3 is 14.5 Å². The standard InChI is InChI=1S/C17H23N5O3/c1-12-10-13(2)22(19-12)14-4-3-7-21(11-14)15(23)5-8-20-9-6-18-16(24)17(20)25/h6,9-10,14H,3-5,7-8,11H2,1-2H3,(H,18,24). The maximum Gasteiger partial charge on any atom is 0.316 e. The predicted molar refractivity (Wildman–Crippen MR) is 92.5 cm³/mol. The normalized spacial score (nSPS) is 17.7. The number of piperidine rings is 1. The van der Waals surface area contributed by atoms with Crippen molar-refractivity contribution in [2.75, 3.05) is 13.1 Å². The lowest BCUT2D eigenvalue weighted by Crippen LogP contribution is -2.42. The van der Waals surface area contributed by atoms with Crippen LogP contribution in [0.2, 0.25) is 0 Å². The molecule has 0 bridgehead atoms. The highest BCUT2D eigenvalue weighted by Crippen LogP contribution is 2.23. The summed E-state index contributed by atoms with van der Waals surface area (Å²) in [6, 6.07) is 2.23. The number of aryl methyl sites for hydroxylation is 3. The van der Waals surface area contributed by atoms with E-state index in [-0.39, 0.29) is 24.9 Å². The topological polar surface area (TPSA) is 93.0 Å². The molecule has 2 aromatic rings. The average molecular weight is 345 g/mol. The number of aromatic amines is 1. The van der Waals surface area contributed by atoms with Gasteiger partial charge in [0.15, 0.2) is 0 Å². The van der Waals surface area contributed by atoms with Gasteiger partial charge in [0.25, 0.3) is 0 Å². The lowest BCUT2D eigenvalue weighted by molar-refractivity contribution is -0.133. The third-order valence-electron chi connectivity index (χ3n) is 4.63. The molecule has 1 saturated heterocycles. The van der Waals surface area contributed by atoms with E-state index in [0.29, 0.717) is 6.54 Å². The van der Waals surface area contributed by atoms with Crippen LogP contribution in [0.25, 0.3) is 0 Å². The van der Waals surface area contributed by atoms with Gasteiger partial charge >= 0.3 is 11.1 Å². The maximum absolute atomic E-state index is 12.5. The second kappa shape index (κ2) is 7.08. The Morgan fingerprint density at radius 2 is 2.16 bits per heavy atom. The number of hydrogen-bond donors (Lipinski definition) is 1. The van der Waals surface area contributed by atoms with Gasteiger partial charge in [0.05, 0.1) is 11.7 Å². The zero-order valence-corrected chi connectivity index (χ0v) is 14.6. The molecule has 3 heterocycles. The molecule has 8 heteroatoms. The summed E-state index contributed by atoms with van der Waals surface area (Å²) in [5, 5.41) is 4.54. The molecule has 8 nitrogen and oxygen atoms in total. The summed E-state index contributed by atoms with van der Waals surface area (Å²) in [4.78, 5) is 39.7. The first kappa shape index (κ1) is 17.2. The van der Waals surface area contributed by atoms with Crippen molar-refractivity contribution in [1.29, 1.82) is 0 Å². The van der Waals surface area contributed by atoms with Gasteiger partial charge in [0.1, 0.15) is 0 Å². The number of rotatable bonds is 4. The van der Waals surface area contributed by atoms with Gasteiger partial charge in [-0.25, -0.2) is 0 Å². The van der Waals surface area contributed by atoms with Crippen molar-refractivity contribution in [2.45, 2.75) is 45.7 Å². The molecule has 1 fully saturated rings. The van der Waals surface area contributed by atoms with Crippen LogP contribution in [-0.4, -0.2) is 43.2 Å². The Morgan fingerprint density at radius 1 is 1.36 bits per heavy atom. The lowest BCUT2D eigenvalue weighted by atomic mass is 10.1. The fourth-order valence-electron chi connectivity index (χ4n) is 3.41. The van der Waals surface area contributed by atoms with Crippen molar-refractivity contribution in [3.8, 4) is 0 Å². The number of likely N-dealkylation sites (tertiary alicyclic amines) is 1. The molecule has 134 valence electrons. The molecule has 3 rings (SSSR count). The molecule has 1 aliphatic rings. The monoisotopic (exact) mass is 345 g/mol. The summed E-state index contributed by atoms with van der Waals surface area (Å²) >= 11 is 0. The minimum Gasteiger partial charge on any atom is -0.340 e. The Morgan fingerprint density at radius 3 is 2.88 bits per heavy atom. The molecule has 1 unspecified atom stereocenters. The Balaban J connectivity index is 1.64. The van der Waals surface area contributed by atoms with Crippen molar-refractivity contribution >= 4 is 5.91 Å². The number of amides is 1. The van der Waals surface area contributed by atoms with Crippen LogP contribution in [0, 0.1) is 13.8 Å². The van der Waals surface area contributed by atoms with Crippen LogP contribution in [0.3, 0.4) is 0 Å². The summed E-state index contributed by atoms with van der Waals surface area (Å²) in [7, 11) is 0. The van der Waals surface area contributed by atoms with Gasteiger partial charge in [-0.15, -0.1) is 0 Å². The number of H-pyrrole nitrogens is 1. The Labute approximate surface area is 145 Å². The van der Waals surface area contributed by atoms with Crippen LogP contribution < -0.4 is 11.1 Å². The van der Waals surface area contributed by atoms with Gasteiger partial charge in [-0.3, -0.25) is 19.1 Å². The first-order chi connectivity index (χ1) is 12.0. The van der Waals surface area contributed by atoms with Crippen molar-refractivity contribution < 1.29 is 4.79 Å². The highest BCUT2D eigenvalue weighted by Gasteiger charge is 2.26. The molecule has 0 aromatic carbocycles. The van der Waals surface area contributed by atoms with Crippen molar-refractivity contribution in [3.63, 3.8) is 0 Å². The van der Waals surface area contributed by atoms with Crippen molar-refractivity contribution in [3.05, 3.63) is 50.6 Å². The van der Waals surface area contributed by atoms with Crippen LogP contribution in [0.15, 0.2) is 28.0 Å². The van der Waals surface area contributed by atoms with Gasteiger partial charge in [-0.1, -0.05) is 0 Å². The molecular formula is C17H23N5O3. The van der Waals surface area contributed by atoms with E-state index in [1.807, 2.05) is 29.5 Å². The summed E-state index contributed by atoms with van der Waals surface area (Å²) < 4.78 is 3.29. The van der Waals surface area contributed by atoms with Crippen LogP contribution in [0.4, 0.5) is 0 Å². The second-order valence-corrected chi connectivity index (χ2v) is 6.55. The van der Waals surface area contributed by atoms with Crippen LogP contribution in [0.1, 0.15) is 36.7 Å². The Kier molecular flexibility index (Phi) is 4.87. The van der Waals surface area contributed by atoms with E-state index in [2.05, 4.69) is 10.1 Å². The third kappa shape index (κ3) is 3.72. The minimum absolute atomic E-state index is 0.00147. The molecule has 0 radical (unpaired) electrons. The summed E-state index contributed by atoms with van der Waals surface area (Å²) in [6.07, 6.45) is 5.03. The zero-order chi connectivity index (χ0) is 18.0. The number of carbonyl (C=O) groups is 1.